The van der Waals surface area contributed by atoms with Crippen LogP contribution in [0.3, 0.4) is 0 Å². The molecule has 0 saturated heterocycles. The van der Waals surface area contributed by atoms with Crippen LogP contribution in [0.4, 0.5) is 36.3 Å². The number of hydrogen-bond donors (Lipinski definition) is 12. The van der Waals surface area contributed by atoms with E-state index in [0.717, 1.165) is 36.9 Å². The average molecular weight is 2240 g/mol. The van der Waals surface area contributed by atoms with E-state index in [2.05, 4.69) is 133 Å². The van der Waals surface area contributed by atoms with Gasteiger partial charge in [-0.15, -0.1) is 11.3 Å². The van der Waals surface area contributed by atoms with Crippen LogP contribution >= 0.6 is 66.4 Å². The smallest absolute Gasteiger partial charge is 0.333 e. The van der Waals surface area contributed by atoms with Crippen LogP contribution in [0, 0.1) is 23.7 Å². The molecule has 4 saturated carbocycles. The fourth-order valence-electron chi connectivity index (χ4n) is 16.6. The van der Waals surface area contributed by atoms with Gasteiger partial charge in [0.05, 0.1) is 104 Å². The largest absolute Gasteiger partial charge is 0.393 e. The summed E-state index contributed by atoms with van der Waals surface area (Å²) < 4.78 is 161. The zero-order chi connectivity index (χ0) is 102. The number of aromatic nitrogens is 13. The third-order valence-corrected chi connectivity index (χ3v) is 28.1. The summed E-state index contributed by atoms with van der Waals surface area (Å²) in [5.74, 6) is -3.90. The first-order valence-electron chi connectivity index (χ1n) is 43.7. The molecule has 0 bridgehead atoms. The van der Waals surface area contributed by atoms with Crippen molar-refractivity contribution in [2.24, 2.45) is 44.2 Å². The summed E-state index contributed by atoms with van der Waals surface area (Å²) in [6.45, 7) is 0.469. The fourth-order valence-corrected chi connectivity index (χ4v) is 20.5. The number of fused-ring (bicyclic) bond motifs is 1. The van der Waals surface area contributed by atoms with Gasteiger partial charge in [0, 0.05) is 145 Å². The minimum absolute atomic E-state index is 0.0182. The number of anilines is 4. The first kappa shape index (κ1) is 107. The number of ketones is 4. The highest BCUT2D eigenvalue weighted by Gasteiger charge is 2.47. The summed E-state index contributed by atoms with van der Waals surface area (Å²) in [5.41, 5.74) is 5.15. The Bertz CT molecular complexity index is 7180. The van der Waals surface area contributed by atoms with Crippen molar-refractivity contribution in [3.05, 3.63) is 300 Å². The lowest BCUT2D eigenvalue weighted by atomic mass is 10.1. The molecule has 0 amide bonds. The molecule has 41 nitrogen and oxygen atoms in total. The molecule has 4 aromatic carbocycles. The zero-order valence-electron chi connectivity index (χ0n) is 74.9. The normalized spacial score (nSPS) is 21.6. The van der Waals surface area contributed by atoms with Crippen LogP contribution in [0.1, 0.15) is 118 Å². The molecule has 758 valence electrons. The van der Waals surface area contributed by atoms with Crippen LogP contribution in [0.5, 0.6) is 0 Å². The zero-order valence-corrected chi connectivity index (χ0v) is 83.7. The van der Waals surface area contributed by atoms with Crippen LogP contribution in [0.25, 0.3) is 10.1 Å². The van der Waals surface area contributed by atoms with E-state index in [0.29, 0.717) is 66.3 Å². The molecular formula is C90H94Br2Cl2F3N21O20S5. The lowest BCUT2D eigenvalue weighted by molar-refractivity contribution is 0.0499. The number of halogens is 7. The van der Waals surface area contributed by atoms with Crippen molar-refractivity contribution in [3.8, 4) is 0 Å². The second kappa shape index (κ2) is 47.7. The van der Waals surface area contributed by atoms with Crippen molar-refractivity contribution in [2.75, 3.05) is 47.7 Å². The molecule has 0 radical (unpaired) electrons. The van der Waals surface area contributed by atoms with E-state index in [4.69, 9.17) is 43.8 Å². The summed E-state index contributed by atoms with van der Waals surface area (Å²) in [6, 6.07) is 38.2. The van der Waals surface area contributed by atoms with E-state index in [1.165, 1.54) is 72.2 Å². The van der Waals surface area contributed by atoms with Crippen molar-refractivity contribution in [2.45, 2.75) is 132 Å². The van der Waals surface area contributed by atoms with Gasteiger partial charge < -0.3 is 50.8 Å². The van der Waals surface area contributed by atoms with Gasteiger partial charge in [-0.25, -0.2) is 63.6 Å². The van der Waals surface area contributed by atoms with Crippen molar-refractivity contribution in [1.29, 1.82) is 0 Å². The minimum Gasteiger partial charge on any atom is -0.393 e. The van der Waals surface area contributed by atoms with Gasteiger partial charge in [-0.05, 0) is 139 Å². The van der Waals surface area contributed by atoms with Gasteiger partial charge in [0.1, 0.15) is 71.5 Å². The van der Waals surface area contributed by atoms with Gasteiger partial charge in [0.15, 0.2) is 11.6 Å². The predicted octanol–water partition coefficient (Wildman–Crippen LogP) is 8.80. The highest BCUT2D eigenvalue weighted by molar-refractivity contribution is 9.10. The molecule has 0 unspecified atom stereocenters. The number of carbonyl (C=O) groups is 4. The molecular weight excluding hydrogens is 2140 g/mol. The molecule has 9 heterocycles. The third kappa shape index (κ3) is 29.8. The Balaban J connectivity index is 0.000000151. The summed E-state index contributed by atoms with van der Waals surface area (Å²) in [4.78, 5) is 82.3. The molecule has 0 aliphatic heterocycles. The number of nitrogens with two attached hydrogens (primary N) is 4. The monoisotopic (exact) mass is 2230 g/mol. The number of benzene rings is 4. The highest BCUT2D eigenvalue weighted by atomic mass is 79.9. The SMILES string of the molecule is NS(=O)(=O)OC[C@H]1C[C@@H](Nc2ccncc2C(=O)c2ccn(Cc3cccc(Cl)c3)n2)[C@@H](F)[C@@H]1O.NS(=O)(=O)OC[C@H]1C[C@@H](Nc2ncncc2C(=O)c2cc(Cl)n(Cc3cccc(Br)c3)c2)[C@@H](F)[C@@H]1O.NS(=O)(=O)OC[C@H]1C[C@@H](Nc2ncncc2C(=O)c2ccn(CCc3cccc(Br)c3)c2)[C@@H](F)[C@@H]1O.NS(=O)(=O)OC[C@H]1C[C@@H](Nc2ncncc2C(=O)c2ccn(Cc3cc4ccccc4s3)n2)C[C@@H]1O. The number of aryl methyl sites for hydroxylation is 2. The van der Waals surface area contributed by atoms with E-state index < -0.39 is 157 Å². The van der Waals surface area contributed by atoms with Gasteiger partial charge in [-0.2, -0.15) is 43.9 Å². The maximum Gasteiger partial charge on any atom is 0.333 e. The lowest BCUT2D eigenvalue weighted by Gasteiger charge is -2.19. The number of nitrogens with one attached hydrogen (secondary N) is 4. The number of thiophene rings is 1. The second-order valence-corrected chi connectivity index (χ2v) is 42.6. The highest BCUT2D eigenvalue weighted by Crippen LogP contribution is 2.39. The number of aliphatic hydroxyl groups is 4. The number of aliphatic hydroxyl groups excluding tert-OH is 4. The summed E-state index contributed by atoms with van der Waals surface area (Å²) >= 11 is 21.0. The van der Waals surface area contributed by atoms with Gasteiger partial charge in [-0.3, -0.25) is 50.3 Å². The molecule has 143 heavy (non-hydrogen) atoms. The Hall–Kier alpha value is -11.3. The van der Waals surface area contributed by atoms with Crippen LogP contribution in [-0.4, -0.2) is 234 Å². The first-order chi connectivity index (χ1) is 68.0. The third-order valence-electron chi connectivity index (χ3n) is 23.6. The molecule has 17 rings (SSSR count). The quantitative estimate of drug-likeness (QED) is 0.0162. The van der Waals surface area contributed by atoms with E-state index in [9.17, 15) is 86.4 Å². The van der Waals surface area contributed by atoms with Crippen LogP contribution in [-0.2, 0) is 90.5 Å². The standard InChI is InChI=1S/C23H25BrFN5O5S.C23H24N6O5S2.C22H22BrClFN5O5S.C22H23ClFN5O5S/c24-17-3-1-2-14(8-17)4-6-30-7-5-15(11-30)21(31)18-10-27-13-28-23(18)29-19-9-16(22(32)20(19)25)12-35-36(26,33)34;24-36(32,33)34-12-15-7-16(9-20(15)30)27-23-18(10-25-13-26-23)22(31)19-5-6-29(28-19)11-17-8-14-3-1-2-4-21(14)35-17;23-15-3-1-2-12(4-15)8-30-9-13(6-18(30)24)20(31)16-7-27-11-28-22(16)29-17-5-14(21(32)19(17)25)10-35-36(26,33)34;23-15-3-1-2-13(8-15)11-29-7-5-18(28-29)22(31)16-10-26-6-4-17(16)27-19-9-14(21(30)20(19)24)12-34-35(25,32)33/h1-3,5,7-8,10-11,13,16,19-20,22,32H,4,6,9,12H2,(H2,26,33,34)(H,27,28,29);1-6,8,10,13,15-16,20,30H,7,9,11-12H2,(H2,24,32,33)(H,25,26,27);1-4,6-7,9,11,14,17,19,21,32H,5,8,10H2,(H2,26,33,34)(H,27,28,29);1-8,10,14,19-21,30H,9,11-12H2,(H,26,27)(H2,25,32,33)/t16-,19-,20-,22-;15-,16-,20+;14-,17-,19-,21-;14-,19-,20-,21-/m1111/s1. The number of rotatable bonds is 37. The summed E-state index contributed by atoms with van der Waals surface area (Å²) in [7, 11) is -16.8. The van der Waals surface area contributed by atoms with E-state index in [1.807, 2.05) is 83.6 Å². The van der Waals surface area contributed by atoms with Gasteiger partial charge in [-0.1, -0.05) is 110 Å². The lowest BCUT2D eigenvalue weighted by Crippen LogP contribution is -2.33. The Morgan fingerprint density at radius 1 is 0.469 bits per heavy atom. The predicted molar refractivity (Wildman–Crippen MR) is 527 cm³/mol. The summed E-state index contributed by atoms with van der Waals surface area (Å²) in [6.07, 6.45) is 10.4. The Kier molecular flexibility index (Phi) is 35.9. The maximum absolute atomic E-state index is 14.8. The van der Waals surface area contributed by atoms with Crippen LogP contribution in [0.2, 0.25) is 10.2 Å². The van der Waals surface area contributed by atoms with Gasteiger partial charge >= 0.3 is 41.2 Å². The molecule has 4 aliphatic rings. The minimum atomic E-state index is -4.24. The number of pyridine rings is 1. The summed E-state index contributed by atoms with van der Waals surface area (Å²) in [5, 5.41) is 82.9. The van der Waals surface area contributed by atoms with E-state index in [1.54, 1.807) is 80.4 Å². The number of carbonyl (C=O) groups excluding carboxylic acids is 4. The second-order valence-electron chi connectivity index (χ2n) is 33.9. The number of hydrogen-bond acceptors (Lipinski definition) is 34. The van der Waals surface area contributed by atoms with Crippen LogP contribution < -0.4 is 41.8 Å². The van der Waals surface area contributed by atoms with E-state index >= 15 is 0 Å². The molecule has 9 aromatic heterocycles. The van der Waals surface area contributed by atoms with Crippen LogP contribution in [0.15, 0.2) is 223 Å². The molecule has 53 heteroatoms. The van der Waals surface area contributed by atoms with Crippen molar-refractivity contribution in [3.63, 3.8) is 0 Å². The molecule has 16 N–H and O–H groups in total. The van der Waals surface area contributed by atoms with Crippen molar-refractivity contribution < 1.29 is 103 Å². The molecule has 0 spiro atoms. The topological polar surface area (TPSA) is 611 Å². The Morgan fingerprint density at radius 3 is 1.47 bits per heavy atom. The Morgan fingerprint density at radius 2 is 0.937 bits per heavy atom. The fraction of sp³-hybridized carbons (Fsp3) is 0.322. The van der Waals surface area contributed by atoms with Gasteiger partial charge in [0.25, 0.3) is 0 Å². The maximum atomic E-state index is 14.8. The number of alkyl halides is 3. The van der Waals surface area contributed by atoms with Gasteiger partial charge in [0.2, 0.25) is 11.6 Å². The molecule has 4 fully saturated rings. The van der Waals surface area contributed by atoms with E-state index in [-0.39, 0.29) is 94.3 Å². The first-order valence-corrected chi connectivity index (χ1v) is 52.7. The molecule has 15 atom stereocenters. The average Bonchev–Trinajstić information content (AvgIpc) is 1.69. The Labute approximate surface area is 848 Å². The number of nitrogens with zero attached hydrogens (tertiary/aromatic N) is 13. The van der Waals surface area contributed by atoms with Crippen molar-refractivity contribution >= 4 is 164 Å². The molecule has 13 aromatic rings. The van der Waals surface area contributed by atoms with Crippen molar-refractivity contribution in [1.82, 2.24) is 63.6 Å². The molecule has 4 aliphatic carbocycles.